The second kappa shape index (κ2) is 5.53. The van der Waals surface area contributed by atoms with E-state index in [9.17, 15) is 4.79 Å². The van der Waals surface area contributed by atoms with Crippen molar-refractivity contribution in [2.24, 2.45) is 5.92 Å². The molecule has 0 aliphatic carbocycles. The van der Waals surface area contributed by atoms with Crippen LogP contribution >= 0.6 is 0 Å². The van der Waals surface area contributed by atoms with Gasteiger partial charge in [-0.3, -0.25) is 4.79 Å². The molecule has 1 unspecified atom stereocenters. The van der Waals surface area contributed by atoms with Crippen molar-refractivity contribution in [2.45, 2.75) is 27.2 Å². The molecule has 3 heteroatoms. The Morgan fingerprint density at radius 2 is 2.22 bits per heavy atom. The largest absolute Gasteiger partial charge is 0.381 e. The molecule has 3 nitrogen and oxygen atoms in total. The predicted molar refractivity (Wildman–Crippen MR) is 72.9 cm³/mol. The van der Waals surface area contributed by atoms with E-state index >= 15 is 0 Å². The van der Waals surface area contributed by atoms with Crippen LogP contribution < -0.4 is 4.90 Å². The third-order valence-electron chi connectivity index (χ3n) is 3.50. The molecule has 1 aliphatic heterocycles. The van der Waals surface area contributed by atoms with E-state index in [4.69, 9.17) is 4.74 Å². The maximum atomic E-state index is 12.5. The van der Waals surface area contributed by atoms with Crippen LogP contribution in [-0.4, -0.2) is 25.7 Å². The average Bonchev–Trinajstić information content (AvgIpc) is 2.86. The van der Waals surface area contributed by atoms with Crippen molar-refractivity contribution in [1.82, 2.24) is 0 Å². The van der Waals surface area contributed by atoms with Crippen LogP contribution in [0, 0.1) is 19.8 Å². The topological polar surface area (TPSA) is 29.5 Å². The Labute approximate surface area is 109 Å². The quantitative estimate of drug-likeness (QED) is 0.822. The highest BCUT2D eigenvalue weighted by Crippen LogP contribution is 2.25. The SMILES string of the molecule is CCN(C(=O)C1CCOC1)c1ccc(C)cc1C. The molecule has 0 bridgehead atoms. The molecule has 1 aromatic rings. The summed E-state index contributed by atoms with van der Waals surface area (Å²) in [6, 6.07) is 6.22. The summed E-state index contributed by atoms with van der Waals surface area (Å²) in [5, 5.41) is 0. The molecule has 0 spiro atoms. The lowest BCUT2D eigenvalue weighted by molar-refractivity contribution is -0.122. The number of aryl methyl sites for hydroxylation is 2. The smallest absolute Gasteiger partial charge is 0.232 e. The minimum Gasteiger partial charge on any atom is -0.381 e. The van der Waals surface area contributed by atoms with Gasteiger partial charge in [-0.2, -0.15) is 0 Å². The third kappa shape index (κ3) is 2.56. The first-order chi connectivity index (χ1) is 8.63. The van der Waals surface area contributed by atoms with Gasteiger partial charge in [0.15, 0.2) is 0 Å². The molecule has 1 aliphatic rings. The van der Waals surface area contributed by atoms with Crippen molar-refractivity contribution in [3.63, 3.8) is 0 Å². The first-order valence-corrected chi connectivity index (χ1v) is 6.60. The average molecular weight is 247 g/mol. The van der Waals surface area contributed by atoms with Gasteiger partial charge < -0.3 is 9.64 Å². The van der Waals surface area contributed by atoms with Gasteiger partial charge in [-0.1, -0.05) is 17.7 Å². The Kier molecular flexibility index (Phi) is 4.02. The number of carbonyl (C=O) groups is 1. The highest BCUT2D eigenvalue weighted by Gasteiger charge is 2.28. The van der Waals surface area contributed by atoms with Crippen LogP contribution in [0.1, 0.15) is 24.5 Å². The van der Waals surface area contributed by atoms with E-state index in [0.717, 1.165) is 17.7 Å². The maximum absolute atomic E-state index is 12.5. The van der Waals surface area contributed by atoms with Crippen molar-refractivity contribution in [1.29, 1.82) is 0 Å². The highest BCUT2D eigenvalue weighted by atomic mass is 16.5. The number of hydrogen-bond acceptors (Lipinski definition) is 2. The molecule has 1 aromatic carbocycles. The Bertz CT molecular complexity index is 436. The van der Waals surface area contributed by atoms with E-state index in [-0.39, 0.29) is 11.8 Å². The van der Waals surface area contributed by atoms with E-state index in [1.807, 2.05) is 17.9 Å². The van der Waals surface area contributed by atoms with Gasteiger partial charge in [0.2, 0.25) is 5.91 Å². The Balaban J connectivity index is 2.24. The standard InChI is InChI=1S/C15H21NO2/c1-4-16(15(17)13-7-8-18-10-13)14-6-5-11(2)9-12(14)3/h5-6,9,13H,4,7-8,10H2,1-3H3. The second-order valence-corrected chi connectivity index (χ2v) is 4.93. The Hall–Kier alpha value is -1.35. The van der Waals surface area contributed by atoms with Crippen LogP contribution in [-0.2, 0) is 9.53 Å². The fraction of sp³-hybridized carbons (Fsp3) is 0.533. The summed E-state index contributed by atoms with van der Waals surface area (Å²) in [6.07, 6.45) is 0.847. The highest BCUT2D eigenvalue weighted by molar-refractivity contribution is 5.95. The summed E-state index contributed by atoms with van der Waals surface area (Å²) in [5.41, 5.74) is 3.41. The van der Waals surface area contributed by atoms with Gasteiger partial charge in [-0.05, 0) is 38.8 Å². The van der Waals surface area contributed by atoms with E-state index in [1.165, 1.54) is 5.56 Å². The molecule has 2 rings (SSSR count). The molecule has 0 saturated carbocycles. The van der Waals surface area contributed by atoms with Gasteiger partial charge in [0.1, 0.15) is 0 Å². The van der Waals surface area contributed by atoms with Crippen LogP contribution in [0.25, 0.3) is 0 Å². The van der Waals surface area contributed by atoms with E-state index in [1.54, 1.807) is 0 Å². The van der Waals surface area contributed by atoms with Gasteiger partial charge in [-0.15, -0.1) is 0 Å². The van der Waals surface area contributed by atoms with E-state index in [2.05, 4.69) is 26.0 Å². The van der Waals surface area contributed by atoms with Gasteiger partial charge in [-0.25, -0.2) is 0 Å². The van der Waals surface area contributed by atoms with E-state index in [0.29, 0.717) is 19.8 Å². The van der Waals surface area contributed by atoms with Crippen molar-refractivity contribution in [3.8, 4) is 0 Å². The summed E-state index contributed by atoms with van der Waals surface area (Å²) in [5.74, 6) is 0.229. The molecule has 98 valence electrons. The minimum absolute atomic E-state index is 0.0330. The maximum Gasteiger partial charge on any atom is 0.232 e. The van der Waals surface area contributed by atoms with Gasteiger partial charge in [0.05, 0.1) is 12.5 Å². The van der Waals surface area contributed by atoms with Crippen LogP contribution in [0.4, 0.5) is 5.69 Å². The summed E-state index contributed by atoms with van der Waals surface area (Å²) in [4.78, 5) is 14.3. The minimum atomic E-state index is 0.0330. The third-order valence-corrected chi connectivity index (χ3v) is 3.50. The van der Waals surface area contributed by atoms with Crippen LogP contribution in [0.3, 0.4) is 0 Å². The normalized spacial score (nSPS) is 18.9. The van der Waals surface area contributed by atoms with E-state index < -0.39 is 0 Å². The molecule has 1 fully saturated rings. The number of hydrogen-bond donors (Lipinski definition) is 0. The van der Waals surface area contributed by atoms with Crippen LogP contribution in [0.5, 0.6) is 0 Å². The zero-order valence-electron chi connectivity index (χ0n) is 11.4. The van der Waals surface area contributed by atoms with Crippen LogP contribution in [0.15, 0.2) is 18.2 Å². The lowest BCUT2D eigenvalue weighted by Crippen LogP contribution is -2.36. The van der Waals surface area contributed by atoms with Gasteiger partial charge in [0.25, 0.3) is 0 Å². The monoisotopic (exact) mass is 247 g/mol. The van der Waals surface area contributed by atoms with Gasteiger partial charge in [0, 0.05) is 18.8 Å². The number of ether oxygens (including phenoxy) is 1. The zero-order valence-corrected chi connectivity index (χ0v) is 11.4. The summed E-state index contributed by atoms with van der Waals surface area (Å²) >= 11 is 0. The Morgan fingerprint density at radius 1 is 1.44 bits per heavy atom. The number of anilines is 1. The first-order valence-electron chi connectivity index (χ1n) is 6.60. The van der Waals surface area contributed by atoms with Crippen molar-refractivity contribution in [2.75, 3.05) is 24.7 Å². The lowest BCUT2D eigenvalue weighted by atomic mass is 10.0. The van der Waals surface area contributed by atoms with Crippen molar-refractivity contribution < 1.29 is 9.53 Å². The molecular formula is C15H21NO2. The molecule has 0 aromatic heterocycles. The number of nitrogens with zero attached hydrogens (tertiary/aromatic N) is 1. The van der Waals surface area contributed by atoms with Crippen molar-refractivity contribution >= 4 is 11.6 Å². The second-order valence-electron chi connectivity index (χ2n) is 4.93. The zero-order chi connectivity index (χ0) is 13.1. The fourth-order valence-electron chi connectivity index (χ4n) is 2.50. The molecule has 1 atom stereocenters. The Morgan fingerprint density at radius 3 is 2.78 bits per heavy atom. The van der Waals surface area contributed by atoms with Gasteiger partial charge >= 0.3 is 0 Å². The summed E-state index contributed by atoms with van der Waals surface area (Å²) in [6.45, 7) is 8.14. The first kappa shape index (κ1) is 13.1. The molecule has 0 radical (unpaired) electrons. The fourth-order valence-corrected chi connectivity index (χ4v) is 2.50. The summed E-state index contributed by atoms with van der Waals surface area (Å²) in [7, 11) is 0. The van der Waals surface area contributed by atoms with Crippen LogP contribution in [0.2, 0.25) is 0 Å². The van der Waals surface area contributed by atoms with Crippen molar-refractivity contribution in [3.05, 3.63) is 29.3 Å². The molecule has 18 heavy (non-hydrogen) atoms. The molecule has 1 saturated heterocycles. The number of benzene rings is 1. The molecule has 0 N–H and O–H groups in total. The number of carbonyl (C=O) groups excluding carboxylic acids is 1. The summed E-state index contributed by atoms with van der Waals surface area (Å²) < 4.78 is 5.31. The number of rotatable bonds is 3. The predicted octanol–water partition coefficient (Wildman–Crippen LogP) is 2.69. The number of amides is 1. The molecular weight excluding hydrogens is 226 g/mol. The lowest BCUT2D eigenvalue weighted by Gasteiger charge is -2.25. The molecule has 1 amide bonds. The molecule has 1 heterocycles.